The molecule has 0 amide bonds. The highest BCUT2D eigenvalue weighted by Gasteiger charge is 2.05. The molecule has 0 unspecified atom stereocenters. The molecule has 62 valence electrons. The van der Waals surface area contributed by atoms with Crippen LogP contribution in [0.15, 0.2) is 36.0 Å². The Balaban J connectivity index is 2.80. The third-order valence-corrected chi connectivity index (χ3v) is 2.20. The van der Waals surface area contributed by atoms with Crippen LogP contribution in [0.2, 0.25) is 0 Å². The second-order valence-corrected chi connectivity index (χ2v) is 3.16. The molecule has 1 atom stereocenters. The van der Waals surface area contributed by atoms with Crippen molar-refractivity contribution in [3.05, 3.63) is 36.0 Å². The molecule has 0 saturated carbocycles. The molecule has 0 aromatic carbocycles. The normalized spacial score (nSPS) is 30.8. The first-order valence-corrected chi connectivity index (χ1v) is 4.21. The van der Waals surface area contributed by atoms with Crippen molar-refractivity contribution in [2.45, 2.75) is 19.8 Å². The van der Waals surface area contributed by atoms with Crippen molar-refractivity contribution in [3.8, 4) is 6.07 Å². The lowest BCUT2D eigenvalue weighted by Crippen LogP contribution is -1.97. The van der Waals surface area contributed by atoms with E-state index in [-0.39, 0.29) is 0 Å². The molecule has 0 bridgehead atoms. The van der Waals surface area contributed by atoms with Gasteiger partial charge in [0, 0.05) is 5.57 Å². The molecule has 1 heteroatoms. The molecule has 1 aliphatic rings. The van der Waals surface area contributed by atoms with E-state index >= 15 is 0 Å². The molecule has 0 aromatic rings. The highest BCUT2D eigenvalue weighted by molar-refractivity contribution is 5.37. The van der Waals surface area contributed by atoms with E-state index in [2.05, 4.69) is 19.6 Å². The molecule has 12 heavy (non-hydrogen) atoms. The van der Waals surface area contributed by atoms with Crippen molar-refractivity contribution >= 4 is 0 Å². The van der Waals surface area contributed by atoms with Crippen LogP contribution in [0.3, 0.4) is 0 Å². The van der Waals surface area contributed by atoms with Crippen LogP contribution >= 0.6 is 0 Å². The van der Waals surface area contributed by atoms with Gasteiger partial charge < -0.3 is 0 Å². The van der Waals surface area contributed by atoms with Crippen LogP contribution < -0.4 is 0 Å². The number of hydrogen-bond acceptors (Lipinski definition) is 1. The highest BCUT2D eigenvalue weighted by atomic mass is 14.2. The maximum atomic E-state index is 8.66. The smallest absolute Gasteiger partial charge is 0.0988 e. The molecule has 0 aliphatic heterocycles. The van der Waals surface area contributed by atoms with Gasteiger partial charge in [0.15, 0.2) is 0 Å². The molecular weight excluding hydrogens is 146 g/mol. The Hall–Kier alpha value is -1.29. The molecular formula is C11H13N. The predicted molar refractivity (Wildman–Crippen MR) is 50.4 cm³/mol. The molecule has 1 rings (SSSR count). The third-order valence-electron chi connectivity index (χ3n) is 2.20. The Kier molecular flexibility index (Phi) is 2.88. The zero-order valence-corrected chi connectivity index (χ0v) is 7.38. The average Bonchev–Trinajstić information content (AvgIpc) is 2.07. The van der Waals surface area contributed by atoms with Gasteiger partial charge in [0.2, 0.25) is 0 Å². The van der Waals surface area contributed by atoms with E-state index in [1.165, 1.54) is 0 Å². The fourth-order valence-electron chi connectivity index (χ4n) is 1.19. The first kappa shape index (κ1) is 8.80. The number of nitriles is 1. The van der Waals surface area contributed by atoms with E-state index in [0.29, 0.717) is 5.92 Å². The molecule has 0 N–H and O–H groups in total. The van der Waals surface area contributed by atoms with E-state index in [1.807, 2.05) is 18.2 Å². The van der Waals surface area contributed by atoms with Crippen molar-refractivity contribution in [1.82, 2.24) is 0 Å². The van der Waals surface area contributed by atoms with Gasteiger partial charge in [-0.15, -0.1) is 0 Å². The van der Waals surface area contributed by atoms with Crippen molar-refractivity contribution in [2.24, 2.45) is 5.92 Å². The Bertz CT molecular complexity index is 276. The quantitative estimate of drug-likeness (QED) is 0.533. The number of nitrogens with zero attached hydrogens (tertiary/aromatic N) is 1. The van der Waals surface area contributed by atoms with E-state index in [9.17, 15) is 0 Å². The summed E-state index contributed by atoms with van der Waals surface area (Å²) in [5, 5.41) is 8.66. The van der Waals surface area contributed by atoms with Gasteiger partial charge in [0.1, 0.15) is 0 Å². The molecule has 0 saturated heterocycles. The van der Waals surface area contributed by atoms with Crippen LogP contribution in [-0.4, -0.2) is 0 Å². The van der Waals surface area contributed by atoms with Gasteiger partial charge in [0.05, 0.1) is 6.07 Å². The van der Waals surface area contributed by atoms with Gasteiger partial charge in [0.25, 0.3) is 0 Å². The van der Waals surface area contributed by atoms with Gasteiger partial charge in [-0.3, -0.25) is 0 Å². The van der Waals surface area contributed by atoms with Crippen molar-refractivity contribution in [2.75, 3.05) is 0 Å². The molecule has 0 radical (unpaired) electrons. The molecule has 1 nitrogen and oxygen atoms in total. The zero-order valence-electron chi connectivity index (χ0n) is 7.38. The number of rotatable bonds is 0. The van der Waals surface area contributed by atoms with Crippen LogP contribution in [-0.2, 0) is 0 Å². The summed E-state index contributed by atoms with van der Waals surface area (Å²) in [4.78, 5) is 0. The van der Waals surface area contributed by atoms with Gasteiger partial charge in [-0.2, -0.15) is 5.26 Å². The minimum atomic E-state index is 0.540. The molecule has 1 aliphatic carbocycles. The molecule has 0 fully saturated rings. The lowest BCUT2D eigenvalue weighted by molar-refractivity contribution is 0.633. The van der Waals surface area contributed by atoms with Crippen molar-refractivity contribution < 1.29 is 0 Å². The highest BCUT2D eigenvalue weighted by Crippen LogP contribution is 2.20. The minimum Gasteiger partial charge on any atom is -0.192 e. The fourth-order valence-corrected chi connectivity index (χ4v) is 1.19. The van der Waals surface area contributed by atoms with Gasteiger partial charge in [-0.25, -0.2) is 0 Å². The number of allylic oxidation sites excluding steroid dienone is 5. The van der Waals surface area contributed by atoms with Gasteiger partial charge in [-0.1, -0.05) is 31.2 Å². The molecule has 0 aromatic heterocycles. The Morgan fingerprint density at radius 3 is 3.00 bits per heavy atom. The topological polar surface area (TPSA) is 23.8 Å². The fraction of sp³-hybridized carbons (Fsp3) is 0.364. The van der Waals surface area contributed by atoms with Crippen molar-refractivity contribution in [1.29, 1.82) is 5.26 Å². The van der Waals surface area contributed by atoms with E-state index in [1.54, 1.807) is 0 Å². The number of hydrogen-bond donors (Lipinski definition) is 0. The summed E-state index contributed by atoms with van der Waals surface area (Å²) in [6, 6.07) is 2.14. The van der Waals surface area contributed by atoms with E-state index in [0.717, 1.165) is 24.0 Å². The third kappa shape index (κ3) is 2.10. The summed E-state index contributed by atoms with van der Waals surface area (Å²) in [6.07, 6.45) is 7.85. The maximum absolute atomic E-state index is 8.66. The van der Waals surface area contributed by atoms with Crippen LogP contribution in [0.1, 0.15) is 19.8 Å². The van der Waals surface area contributed by atoms with E-state index < -0.39 is 0 Å². The minimum absolute atomic E-state index is 0.540. The Morgan fingerprint density at radius 1 is 1.58 bits per heavy atom. The summed E-state index contributed by atoms with van der Waals surface area (Å²) in [5.41, 5.74) is 1.87. The predicted octanol–water partition coefficient (Wildman–Crippen LogP) is 2.98. The van der Waals surface area contributed by atoms with Crippen molar-refractivity contribution in [3.63, 3.8) is 0 Å². The lowest BCUT2D eigenvalue weighted by Gasteiger charge is -2.11. The second-order valence-electron chi connectivity index (χ2n) is 3.16. The largest absolute Gasteiger partial charge is 0.192 e. The Labute approximate surface area is 73.7 Å². The van der Waals surface area contributed by atoms with Crippen LogP contribution in [0, 0.1) is 17.2 Å². The van der Waals surface area contributed by atoms with Gasteiger partial charge in [-0.05, 0) is 24.8 Å². The second kappa shape index (κ2) is 3.92. The van der Waals surface area contributed by atoms with Gasteiger partial charge >= 0.3 is 0 Å². The molecule has 0 heterocycles. The first-order chi connectivity index (χ1) is 5.74. The summed E-state index contributed by atoms with van der Waals surface area (Å²) >= 11 is 0. The summed E-state index contributed by atoms with van der Waals surface area (Å²) in [5.74, 6) is 0.540. The standard InChI is InChI=1S/C11H13N/c1-9-4-3-5-11(8-12)7-6-10(9)2/h5-7,9H,2-4H2,1H3/b7-6-,11-5+/t9-/m0/s1. The average molecular weight is 159 g/mol. The van der Waals surface area contributed by atoms with Crippen LogP contribution in [0.5, 0.6) is 0 Å². The Morgan fingerprint density at radius 2 is 2.33 bits per heavy atom. The summed E-state index contributed by atoms with van der Waals surface area (Å²) in [7, 11) is 0. The van der Waals surface area contributed by atoms with E-state index in [4.69, 9.17) is 5.26 Å². The monoisotopic (exact) mass is 159 g/mol. The van der Waals surface area contributed by atoms with Crippen LogP contribution in [0.25, 0.3) is 0 Å². The SMILES string of the molecule is C=C1/C=C\C(C#N)=C/CC[C@@H]1C. The molecule has 0 spiro atoms. The summed E-state index contributed by atoms with van der Waals surface area (Å²) < 4.78 is 0. The zero-order chi connectivity index (χ0) is 8.97. The maximum Gasteiger partial charge on any atom is 0.0988 e. The summed E-state index contributed by atoms with van der Waals surface area (Å²) in [6.45, 7) is 6.11. The first-order valence-electron chi connectivity index (χ1n) is 4.21. The van der Waals surface area contributed by atoms with Crippen LogP contribution in [0.4, 0.5) is 0 Å². The lowest BCUT2D eigenvalue weighted by atomic mass is 9.94.